The number of fused-ring (bicyclic) bond motifs is 1. The largest absolute Gasteiger partial charge is 0.466 e. The number of hydrogen-bond acceptors (Lipinski definition) is 7. The molecule has 2 aliphatic rings. The Morgan fingerprint density at radius 2 is 1.88 bits per heavy atom. The van der Waals surface area contributed by atoms with Crippen LogP contribution in [-0.4, -0.2) is 52.9 Å². The summed E-state index contributed by atoms with van der Waals surface area (Å²) in [4.78, 5) is 62.9. The van der Waals surface area contributed by atoms with Gasteiger partial charge in [-0.25, -0.2) is 0 Å². The van der Waals surface area contributed by atoms with Gasteiger partial charge in [0.05, 0.1) is 29.3 Å². The van der Waals surface area contributed by atoms with Crippen molar-refractivity contribution in [1.29, 1.82) is 0 Å². The maximum Gasteiger partial charge on any atom is 0.310 e. The highest BCUT2D eigenvalue weighted by Gasteiger charge is 2.32. The van der Waals surface area contributed by atoms with Crippen LogP contribution in [0.2, 0.25) is 0 Å². The Kier molecular flexibility index (Phi) is 5.52. The Balaban J connectivity index is 1.58. The summed E-state index contributed by atoms with van der Waals surface area (Å²) in [6.07, 6.45) is 1.38. The van der Waals surface area contributed by atoms with E-state index >= 15 is 0 Å². The van der Waals surface area contributed by atoms with Crippen LogP contribution in [0.15, 0.2) is 35.1 Å². The van der Waals surface area contributed by atoms with Gasteiger partial charge in [0.2, 0.25) is 0 Å². The molecule has 1 fully saturated rings. The van der Waals surface area contributed by atoms with Crippen LogP contribution in [0.3, 0.4) is 0 Å². The van der Waals surface area contributed by atoms with Gasteiger partial charge in [-0.3, -0.25) is 33.9 Å². The third-order valence-electron chi connectivity index (χ3n) is 5.65. The molecule has 1 aromatic carbocycles. The molecule has 0 spiro atoms. The zero-order valence-electron chi connectivity index (χ0n) is 17.4. The summed E-state index contributed by atoms with van der Waals surface area (Å²) in [5.41, 5.74) is 6.10. The predicted molar refractivity (Wildman–Crippen MR) is 114 cm³/mol. The van der Waals surface area contributed by atoms with Gasteiger partial charge in [-0.05, 0) is 44.0 Å². The first-order chi connectivity index (χ1) is 15.3. The van der Waals surface area contributed by atoms with Crippen LogP contribution in [0.4, 0.5) is 5.82 Å². The third kappa shape index (κ3) is 3.64. The highest BCUT2D eigenvalue weighted by atomic mass is 16.5. The van der Waals surface area contributed by atoms with Crippen molar-refractivity contribution in [3.05, 3.63) is 57.4 Å². The number of hydrogen-bond donors (Lipinski definition) is 2. The Labute approximate surface area is 182 Å². The van der Waals surface area contributed by atoms with Gasteiger partial charge in [-0.1, -0.05) is 0 Å². The second kappa shape index (κ2) is 8.29. The number of piperidine rings is 1. The van der Waals surface area contributed by atoms with Crippen LogP contribution in [-0.2, 0) is 9.53 Å². The summed E-state index contributed by atoms with van der Waals surface area (Å²) in [5.74, 6) is -2.35. The van der Waals surface area contributed by atoms with Crippen molar-refractivity contribution in [3.63, 3.8) is 0 Å². The first kappa shape index (κ1) is 21.3. The molecule has 2 aromatic rings. The van der Waals surface area contributed by atoms with E-state index in [2.05, 4.69) is 5.32 Å². The minimum atomic E-state index is -0.663. The van der Waals surface area contributed by atoms with Gasteiger partial charge < -0.3 is 15.4 Å². The van der Waals surface area contributed by atoms with E-state index < -0.39 is 17.4 Å². The number of anilines is 1. The summed E-state index contributed by atoms with van der Waals surface area (Å²) >= 11 is 0. The second-order valence-electron chi connectivity index (χ2n) is 7.66. The smallest absolute Gasteiger partial charge is 0.310 e. The SMILES string of the molecule is CCOC(=O)C1CCCN(C(=O)c2ccc(-n3c(N)c4c(cc3=O)C(=O)NC4=O)cc2)C1. The molecule has 1 saturated heterocycles. The van der Waals surface area contributed by atoms with Gasteiger partial charge in [-0.15, -0.1) is 0 Å². The molecule has 2 aliphatic heterocycles. The number of amides is 3. The lowest BCUT2D eigenvalue weighted by Gasteiger charge is -2.31. The molecule has 0 saturated carbocycles. The topological polar surface area (TPSA) is 141 Å². The molecule has 166 valence electrons. The number of likely N-dealkylation sites (tertiary alicyclic amines) is 1. The Morgan fingerprint density at radius 3 is 2.56 bits per heavy atom. The number of carbonyl (C=O) groups excluding carboxylic acids is 4. The number of ether oxygens (including phenoxy) is 1. The fraction of sp³-hybridized carbons (Fsp3) is 0.318. The van der Waals surface area contributed by atoms with E-state index in [1.165, 1.54) is 0 Å². The number of aromatic nitrogens is 1. The molecule has 10 nitrogen and oxygen atoms in total. The first-order valence-corrected chi connectivity index (χ1v) is 10.3. The number of pyridine rings is 1. The highest BCUT2D eigenvalue weighted by Crippen LogP contribution is 2.24. The molecule has 3 heterocycles. The van der Waals surface area contributed by atoms with Gasteiger partial charge in [0, 0.05) is 24.7 Å². The molecule has 1 unspecified atom stereocenters. The quantitative estimate of drug-likeness (QED) is 0.529. The number of nitrogens with one attached hydrogen (secondary N) is 1. The van der Waals surface area contributed by atoms with Gasteiger partial charge in [0.15, 0.2) is 0 Å². The Morgan fingerprint density at radius 1 is 1.16 bits per heavy atom. The van der Waals surface area contributed by atoms with Gasteiger partial charge in [0.25, 0.3) is 23.3 Å². The molecule has 10 heteroatoms. The van der Waals surface area contributed by atoms with Crippen molar-refractivity contribution in [3.8, 4) is 5.69 Å². The van der Waals surface area contributed by atoms with Gasteiger partial charge >= 0.3 is 5.97 Å². The lowest BCUT2D eigenvalue weighted by Crippen LogP contribution is -2.42. The average Bonchev–Trinajstić information content (AvgIpc) is 3.07. The van der Waals surface area contributed by atoms with Crippen molar-refractivity contribution in [2.45, 2.75) is 19.8 Å². The average molecular weight is 438 g/mol. The van der Waals surface area contributed by atoms with E-state index in [4.69, 9.17) is 10.5 Å². The predicted octanol–water partition coefficient (Wildman–Crippen LogP) is 0.719. The first-order valence-electron chi connectivity index (χ1n) is 10.3. The van der Waals surface area contributed by atoms with Crippen molar-refractivity contribution < 1.29 is 23.9 Å². The fourth-order valence-electron chi connectivity index (χ4n) is 4.10. The number of carbonyl (C=O) groups is 4. The van der Waals surface area contributed by atoms with Crippen molar-refractivity contribution >= 4 is 29.5 Å². The lowest BCUT2D eigenvalue weighted by molar-refractivity contribution is -0.149. The molecular formula is C22H22N4O6. The molecule has 3 amide bonds. The van der Waals surface area contributed by atoms with E-state index in [0.29, 0.717) is 43.8 Å². The zero-order valence-corrected chi connectivity index (χ0v) is 17.4. The maximum absolute atomic E-state index is 12.9. The van der Waals surface area contributed by atoms with Gasteiger partial charge in [0.1, 0.15) is 5.82 Å². The van der Waals surface area contributed by atoms with E-state index in [-0.39, 0.29) is 34.7 Å². The molecular weight excluding hydrogens is 416 g/mol. The van der Waals surface area contributed by atoms with Crippen LogP contribution in [0, 0.1) is 5.92 Å². The molecule has 3 N–H and O–H groups in total. The Hall–Kier alpha value is -3.95. The van der Waals surface area contributed by atoms with Crippen molar-refractivity contribution in [2.24, 2.45) is 5.92 Å². The Bertz CT molecular complexity index is 1180. The molecule has 0 bridgehead atoms. The van der Waals surface area contributed by atoms with Crippen LogP contribution >= 0.6 is 0 Å². The number of imide groups is 1. The summed E-state index contributed by atoms with van der Waals surface area (Å²) in [6.45, 7) is 2.87. The van der Waals surface area contributed by atoms with E-state index in [9.17, 15) is 24.0 Å². The van der Waals surface area contributed by atoms with Gasteiger partial charge in [-0.2, -0.15) is 0 Å². The number of esters is 1. The maximum atomic E-state index is 12.9. The molecule has 1 atom stereocenters. The third-order valence-corrected chi connectivity index (χ3v) is 5.65. The molecule has 32 heavy (non-hydrogen) atoms. The minimum Gasteiger partial charge on any atom is -0.466 e. The lowest BCUT2D eigenvalue weighted by atomic mass is 9.97. The molecule has 0 aliphatic carbocycles. The standard InChI is InChI=1S/C22H22N4O6/c1-2-32-22(31)13-4-3-9-25(11-13)21(30)12-5-7-14(8-6-12)26-16(27)10-15-17(18(26)23)20(29)24-19(15)28/h5-8,10,13H,2-4,9,11,23H2,1H3,(H,24,28,29). The van der Waals surface area contributed by atoms with Crippen molar-refractivity contribution in [2.75, 3.05) is 25.4 Å². The minimum absolute atomic E-state index is 0.0481. The van der Waals surface area contributed by atoms with Crippen LogP contribution in [0.25, 0.3) is 5.69 Å². The highest BCUT2D eigenvalue weighted by molar-refractivity contribution is 6.23. The monoisotopic (exact) mass is 438 g/mol. The number of nitrogens with two attached hydrogens (primary N) is 1. The number of nitrogens with zero attached hydrogens (tertiary/aromatic N) is 2. The van der Waals surface area contributed by atoms with Crippen LogP contribution in [0.1, 0.15) is 50.8 Å². The van der Waals surface area contributed by atoms with E-state index in [0.717, 1.165) is 10.6 Å². The van der Waals surface area contributed by atoms with E-state index in [1.807, 2.05) is 0 Å². The van der Waals surface area contributed by atoms with Crippen LogP contribution in [0.5, 0.6) is 0 Å². The summed E-state index contributed by atoms with van der Waals surface area (Å²) in [7, 11) is 0. The summed E-state index contributed by atoms with van der Waals surface area (Å²) in [5, 5.41) is 2.12. The van der Waals surface area contributed by atoms with E-state index in [1.54, 1.807) is 36.1 Å². The fourth-order valence-corrected chi connectivity index (χ4v) is 4.10. The number of rotatable bonds is 4. The number of nitrogen functional groups attached to an aromatic ring is 1. The van der Waals surface area contributed by atoms with Crippen molar-refractivity contribution in [1.82, 2.24) is 14.8 Å². The second-order valence-corrected chi connectivity index (χ2v) is 7.66. The molecule has 4 rings (SSSR count). The molecule has 0 radical (unpaired) electrons. The normalized spacial score (nSPS) is 17.7. The summed E-state index contributed by atoms with van der Waals surface area (Å²) < 4.78 is 6.19. The zero-order chi connectivity index (χ0) is 23.0. The number of benzene rings is 1. The summed E-state index contributed by atoms with van der Waals surface area (Å²) in [6, 6.07) is 7.25. The van der Waals surface area contributed by atoms with Crippen LogP contribution < -0.4 is 16.6 Å². The molecule has 1 aromatic heterocycles.